The van der Waals surface area contributed by atoms with Gasteiger partial charge in [-0.15, -0.1) is 12.4 Å². The largest absolute Gasteiger partial charge is 0.494 e. The van der Waals surface area contributed by atoms with E-state index >= 15 is 0 Å². The maximum absolute atomic E-state index is 13.8. The second-order valence-electron chi connectivity index (χ2n) is 8.90. The van der Waals surface area contributed by atoms with Gasteiger partial charge in [-0.2, -0.15) is 4.31 Å². The zero-order valence-corrected chi connectivity index (χ0v) is 25.1. The second-order valence-corrected chi connectivity index (χ2v) is 12.2. The first kappa shape index (κ1) is 30.6. The highest BCUT2D eigenvalue weighted by Crippen LogP contribution is 2.39. The monoisotopic (exact) mass is 600 g/mol. The molecule has 1 aliphatic rings. The summed E-state index contributed by atoms with van der Waals surface area (Å²) in [5.41, 5.74) is 1.01. The van der Waals surface area contributed by atoms with E-state index in [4.69, 9.17) is 21.3 Å². The molecule has 3 aromatic rings. The molecule has 0 radical (unpaired) electrons. The molecule has 0 spiro atoms. The van der Waals surface area contributed by atoms with Crippen molar-refractivity contribution in [1.82, 2.24) is 14.2 Å². The minimum atomic E-state index is -3.57. The van der Waals surface area contributed by atoms with Gasteiger partial charge in [0.05, 0.1) is 21.7 Å². The van der Waals surface area contributed by atoms with Crippen LogP contribution in [0.3, 0.4) is 0 Å². The Bertz CT molecular complexity index is 1340. The average molecular weight is 602 g/mol. The van der Waals surface area contributed by atoms with Crippen LogP contribution in [-0.4, -0.2) is 74.9 Å². The minimum absolute atomic E-state index is 0. The summed E-state index contributed by atoms with van der Waals surface area (Å²) in [5, 5.41) is 1.06. The highest BCUT2D eigenvalue weighted by molar-refractivity contribution is 7.89. The lowest BCUT2D eigenvalue weighted by molar-refractivity contribution is 0.0983. The van der Waals surface area contributed by atoms with E-state index in [1.54, 1.807) is 36.3 Å². The number of carbonyl (C=O) groups excluding carboxylic acids is 1. The molecule has 4 rings (SSSR count). The van der Waals surface area contributed by atoms with Gasteiger partial charge >= 0.3 is 0 Å². The number of carbonyl (C=O) groups is 1. The van der Waals surface area contributed by atoms with Crippen LogP contribution in [-0.2, 0) is 10.0 Å². The molecule has 2 heterocycles. The number of rotatable bonds is 10. The average Bonchev–Trinajstić information content (AvgIpc) is 3.38. The van der Waals surface area contributed by atoms with Crippen LogP contribution in [0.15, 0.2) is 41.3 Å². The molecule has 12 heteroatoms. The predicted molar refractivity (Wildman–Crippen MR) is 157 cm³/mol. The molecule has 1 saturated heterocycles. The number of methoxy groups -OCH3 is 1. The van der Waals surface area contributed by atoms with Gasteiger partial charge in [-0.05, 0) is 62.3 Å². The van der Waals surface area contributed by atoms with E-state index in [1.165, 1.54) is 27.8 Å². The van der Waals surface area contributed by atoms with Crippen LogP contribution in [0.2, 0.25) is 5.02 Å². The first-order valence-electron chi connectivity index (χ1n) is 12.6. The van der Waals surface area contributed by atoms with E-state index in [2.05, 4.69) is 18.7 Å². The number of thiazole rings is 1. The number of piperidine rings is 1. The number of sulfonamides is 1. The Hall–Kier alpha value is -1.95. The van der Waals surface area contributed by atoms with Crippen LogP contribution in [0.4, 0.5) is 5.13 Å². The maximum atomic E-state index is 13.8. The SMILES string of the molecule is CCN(CC)CCN(C(=O)c1ccc(S(=O)(=O)N2CCCCC2)cc1)c1nc2c(OC)ccc(Cl)c2s1.Cl. The molecular weight excluding hydrogens is 567 g/mol. The highest BCUT2D eigenvalue weighted by Gasteiger charge is 2.27. The maximum Gasteiger partial charge on any atom is 0.260 e. The molecule has 0 unspecified atom stereocenters. The third kappa shape index (κ3) is 6.43. The van der Waals surface area contributed by atoms with Gasteiger partial charge in [-0.3, -0.25) is 9.69 Å². The Balaban J connectivity index is 0.00000400. The molecule has 0 N–H and O–H groups in total. The number of likely N-dealkylation sites (N-methyl/N-ethyl adjacent to an activating group) is 1. The Kier molecular flexibility index (Phi) is 10.8. The molecule has 1 aliphatic heterocycles. The number of anilines is 1. The number of hydrogen-bond donors (Lipinski definition) is 0. The van der Waals surface area contributed by atoms with E-state index in [-0.39, 0.29) is 23.2 Å². The number of halogens is 2. The van der Waals surface area contributed by atoms with Crippen molar-refractivity contribution >= 4 is 66.6 Å². The van der Waals surface area contributed by atoms with Crippen LogP contribution in [0.5, 0.6) is 5.75 Å². The van der Waals surface area contributed by atoms with Gasteiger partial charge in [0.2, 0.25) is 10.0 Å². The molecule has 0 aliphatic carbocycles. The summed E-state index contributed by atoms with van der Waals surface area (Å²) >= 11 is 7.78. The van der Waals surface area contributed by atoms with E-state index < -0.39 is 10.0 Å². The number of amides is 1. The Labute approximate surface area is 240 Å². The smallest absolute Gasteiger partial charge is 0.260 e. The molecule has 1 aromatic heterocycles. The Morgan fingerprint density at radius 2 is 1.71 bits per heavy atom. The quantitative estimate of drug-likeness (QED) is 0.304. The topological polar surface area (TPSA) is 83.1 Å². The molecule has 1 fully saturated rings. The van der Waals surface area contributed by atoms with Crippen LogP contribution in [0.1, 0.15) is 43.5 Å². The van der Waals surface area contributed by atoms with Gasteiger partial charge in [0.25, 0.3) is 5.91 Å². The summed E-state index contributed by atoms with van der Waals surface area (Å²) in [5.74, 6) is 0.341. The molecule has 1 amide bonds. The van der Waals surface area contributed by atoms with E-state index in [9.17, 15) is 13.2 Å². The molecule has 2 aromatic carbocycles. The summed E-state index contributed by atoms with van der Waals surface area (Å²) in [6, 6.07) is 9.75. The summed E-state index contributed by atoms with van der Waals surface area (Å²) in [6.07, 6.45) is 2.79. The van der Waals surface area contributed by atoms with Crippen molar-refractivity contribution < 1.29 is 17.9 Å². The van der Waals surface area contributed by atoms with Crippen molar-refractivity contribution in [3.63, 3.8) is 0 Å². The van der Waals surface area contributed by atoms with Crippen LogP contribution in [0.25, 0.3) is 10.2 Å². The van der Waals surface area contributed by atoms with Crippen molar-refractivity contribution in [2.45, 2.75) is 38.0 Å². The predicted octanol–water partition coefficient (Wildman–Crippen LogP) is 5.54. The zero-order valence-electron chi connectivity index (χ0n) is 21.9. The molecular formula is C26H34Cl2N4O4S2. The summed E-state index contributed by atoms with van der Waals surface area (Å²) in [7, 11) is -2.00. The molecule has 208 valence electrons. The third-order valence-electron chi connectivity index (χ3n) is 6.73. The molecule has 8 nitrogen and oxygen atoms in total. The lowest BCUT2D eigenvalue weighted by atomic mass is 10.2. The van der Waals surface area contributed by atoms with E-state index in [0.717, 1.165) is 37.1 Å². The molecule has 0 saturated carbocycles. The Morgan fingerprint density at radius 1 is 1.05 bits per heavy atom. The number of ether oxygens (including phenoxy) is 1. The summed E-state index contributed by atoms with van der Waals surface area (Å²) in [4.78, 5) is 22.6. The second kappa shape index (κ2) is 13.4. The Morgan fingerprint density at radius 3 is 2.32 bits per heavy atom. The first-order chi connectivity index (χ1) is 17.8. The van der Waals surface area contributed by atoms with Crippen molar-refractivity contribution in [2.75, 3.05) is 51.3 Å². The van der Waals surface area contributed by atoms with Gasteiger partial charge in [0.1, 0.15) is 11.3 Å². The number of hydrogen-bond acceptors (Lipinski definition) is 7. The van der Waals surface area contributed by atoms with Gasteiger partial charge in [-0.1, -0.05) is 43.2 Å². The van der Waals surface area contributed by atoms with Crippen molar-refractivity contribution in [2.24, 2.45) is 0 Å². The fraction of sp³-hybridized carbons (Fsp3) is 0.462. The standard InChI is InChI=1S/C26H33ClN4O4S2.ClH/c1-4-29(5-2)17-18-31(26-28-23-22(35-3)14-13-21(27)24(23)36-26)25(32)19-9-11-20(12-10-19)37(33,34)30-15-7-6-8-16-30;/h9-14H,4-8,15-18H2,1-3H3;1H. The number of nitrogens with zero attached hydrogens (tertiary/aromatic N) is 4. The lowest BCUT2D eigenvalue weighted by Gasteiger charge is -2.26. The minimum Gasteiger partial charge on any atom is -0.494 e. The fourth-order valence-corrected chi connectivity index (χ4v) is 7.26. The number of benzene rings is 2. The number of aromatic nitrogens is 1. The van der Waals surface area contributed by atoms with Crippen LogP contribution in [0, 0.1) is 0 Å². The normalized spacial score (nSPS) is 14.4. The van der Waals surface area contributed by atoms with Gasteiger partial charge in [0.15, 0.2) is 5.13 Å². The van der Waals surface area contributed by atoms with Gasteiger partial charge in [-0.25, -0.2) is 13.4 Å². The van der Waals surface area contributed by atoms with Crippen molar-refractivity contribution in [3.8, 4) is 5.75 Å². The van der Waals surface area contributed by atoms with Crippen LogP contribution < -0.4 is 9.64 Å². The van der Waals surface area contributed by atoms with Gasteiger partial charge in [0, 0.05) is 31.7 Å². The molecule has 0 bridgehead atoms. The van der Waals surface area contributed by atoms with Crippen LogP contribution >= 0.6 is 35.3 Å². The van der Waals surface area contributed by atoms with Crippen molar-refractivity contribution in [3.05, 3.63) is 47.0 Å². The summed E-state index contributed by atoms with van der Waals surface area (Å²) in [6.45, 7) is 8.05. The zero-order chi connectivity index (χ0) is 26.6. The first-order valence-corrected chi connectivity index (χ1v) is 15.2. The van der Waals surface area contributed by atoms with E-state index in [0.29, 0.717) is 53.2 Å². The third-order valence-corrected chi connectivity index (χ3v) is 10.2. The molecule has 38 heavy (non-hydrogen) atoms. The number of fused-ring (bicyclic) bond motifs is 1. The van der Waals surface area contributed by atoms with E-state index in [1.807, 2.05) is 0 Å². The summed E-state index contributed by atoms with van der Waals surface area (Å²) < 4.78 is 33.8. The lowest BCUT2D eigenvalue weighted by Crippen LogP contribution is -2.39. The van der Waals surface area contributed by atoms with Crippen molar-refractivity contribution in [1.29, 1.82) is 0 Å². The van der Waals surface area contributed by atoms with Gasteiger partial charge < -0.3 is 9.64 Å². The fourth-order valence-electron chi connectivity index (χ4n) is 4.47. The highest BCUT2D eigenvalue weighted by atomic mass is 35.5. The molecule has 0 atom stereocenters.